The molecule has 0 saturated carbocycles. The van der Waals surface area contributed by atoms with Crippen LogP contribution in [0.3, 0.4) is 0 Å². The van der Waals surface area contributed by atoms with E-state index in [1.807, 2.05) is 48.6 Å². The van der Waals surface area contributed by atoms with E-state index in [9.17, 15) is 4.79 Å². The van der Waals surface area contributed by atoms with E-state index in [4.69, 9.17) is 9.47 Å². The van der Waals surface area contributed by atoms with E-state index in [0.29, 0.717) is 21.7 Å². The van der Waals surface area contributed by atoms with Gasteiger partial charge in [0.15, 0.2) is 6.61 Å². The topological polar surface area (TPSA) is 59.6 Å². The summed E-state index contributed by atoms with van der Waals surface area (Å²) in [5.74, 6) is 0.924. The Hall–Kier alpha value is -2.99. The Labute approximate surface area is 167 Å². The Kier molecular flexibility index (Phi) is 8.19. The second-order valence-electron chi connectivity index (χ2n) is 5.41. The Morgan fingerprint density at radius 3 is 2.63 bits per heavy atom. The van der Waals surface area contributed by atoms with E-state index in [2.05, 4.69) is 33.4 Å². The van der Waals surface area contributed by atoms with Crippen LogP contribution in [0.2, 0.25) is 0 Å². The van der Waals surface area contributed by atoms with Crippen molar-refractivity contribution in [2.45, 2.75) is 0 Å². The number of hydrogen-bond donors (Lipinski definition) is 2. The van der Waals surface area contributed by atoms with E-state index < -0.39 is 0 Å². The van der Waals surface area contributed by atoms with Crippen molar-refractivity contribution in [3.8, 4) is 11.5 Å². The first kappa shape index (κ1) is 20.3. The highest BCUT2D eigenvalue weighted by atomic mass is 79.9. The predicted octanol–water partition coefficient (Wildman–Crippen LogP) is 4.24. The van der Waals surface area contributed by atoms with Gasteiger partial charge in [-0.15, -0.1) is 0 Å². The van der Waals surface area contributed by atoms with Gasteiger partial charge in [-0.05, 0) is 45.8 Å². The molecule has 0 bridgehead atoms. The molecule has 140 valence electrons. The van der Waals surface area contributed by atoms with Crippen LogP contribution in [0.15, 0.2) is 83.5 Å². The minimum atomic E-state index is -0.327. The Morgan fingerprint density at radius 1 is 1.15 bits per heavy atom. The van der Waals surface area contributed by atoms with Gasteiger partial charge in [0.25, 0.3) is 5.91 Å². The first-order valence-corrected chi connectivity index (χ1v) is 8.97. The highest BCUT2D eigenvalue weighted by molar-refractivity contribution is 9.10. The number of ether oxygens (including phenoxy) is 2. The first-order chi connectivity index (χ1) is 13.1. The molecular formula is C21H21BrN2O3. The fourth-order valence-electron chi connectivity index (χ4n) is 2.00. The van der Waals surface area contributed by atoms with Crippen LogP contribution >= 0.6 is 15.9 Å². The lowest BCUT2D eigenvalue weighted by atomic mass is 10.2. The average molecular weight is 429 g/mol. The largest absolute Gasteiger partial charge is 0.497 e. The number of amides is 1. The summed E-state index contributed by atoms with van der Waals surface area (Å²) in [6.45, 7) is 3.68. The number of carbonyl (C=O) groups is 1. The SMILES string of the molecule is C=C(/C=C/C=C/c1ccccc1)NNC(=O)COc1ccc(OC)cc1Br. The van der Waals surface area contributed by atoms with Gasteiger partial charge >= 0.3 is 0 Å². The molecule has 0 heterocycles. The molecule has 2 aromatic rings. The molecule has 2 rings (SSSR count). The normalized spacial score (nSPS) is 10.7. The third-order valence-electron chi connectivity index (χ3n) is 3.36. The van der Waals surface area contributed by atoms with Gasteiger partial charge in [-0.2, -0.15) is 0 Å². The van der Waals surface area contributed by atoms with E-state index >= 15 is 0 Å². The summed E-state index contributed by atoms with van der Waals surface area (Å²) in [5, 5.41) is 0. The van der Waals surface area contributed by atoms with Crippen molar-refractivity contribution in [1.82, 2.24) is 10.9 Å². The smallest absolute Gasteiger partial charge is 0.276 e. The summed E-state index contributed by atoms with van der Waals surface area (Å²) < 4.78 is 11.3. The van der Waals surface area contributed by atoms with Crippen LogP contribution in [0.25, 0.3) is 6.08 Å². The predicted molar refractivity (Wildman–Crippen MR) is 111 cm³/mol. The van der Waals surface area contributed by atoms with Crippen molar-refractivity contribution in [2.24, 2.45) is 0 Å². The molecule has 5 nitrogen and oxygen atoms in total. The number of nitrogens with one attached hydrogen (secondary N) is 2. The third-order valence-corrected chi connectivity index (χ3v) is 3.98. The number of rotatable bonds is 9. The van der Waals surface area contributed by atoms with E-state index in [1.165, 1.54) is 0 Å². The van der Waals surface area contributed by atoms with Gasteiger partial charge in [0, 0.05) is 5.70 Å². The number of methoxy groups -OCH3 is 1. The van der Waals surface area contributed by atoms with Crippen LogP contribution in [-0.4, -0.2) is 19.6 Å². The van der Waals surface area contributed by atoms with Crippen LogP contribution in [0.1, 0.15) is 5.56 Å². The van der Waals surface area contributed by atoms with Gasteiger partial charge in [-0.25, -0.2) is 0 Å². The standard InChI is InChI=1S/C21H21BrN2O3/c1-16(8-6-7-11-17-9-4-3-5-10-17)23-24-21(25)15-27-20-13-12-18(26-2)14-19(20)22/h3-14,23H,1,15H2,2H3,(H,24,25)/b8-6+,11-7+. The Morgan fingerprint density at radius 2 is 1.93 bits per heavy atom. The number of halogens is 1. The summed E-state index contributed by atoms with van der Waals surface area (Å²) in [6, 6.07) is 15.2. The number of hydrogen-bond acceptors (Lipinski definition) is 4. The number of benzene rings is 2. The minimum Gasteiger partial charge on any atom is -0.497 e. The lowest BCUT2D eigenvalue weighted by Gasteiger charge is -2.11. The molecule has 0 saturated heterocycles. The van der Waals surface area contributed by atoms with Crippen molar-refractivity contribution in [2.75, 3.05) is 13.7 Å². The zero-order chi connectivity index (χ0) is 19.5. The lowest BCUT2D eigenvalue weighted by molar-refractivity contribution is -0.123. The molecule has 2 N–H and O–H groups in total. The molecule has 6 heteroatoms. The molecule has 0 radical (unpaired) electrons. The third kappa shape index (κ3) is 7.42. The number of allylic oxidation sites excluding steroid dienone is 3. The summed E-state index contributed by atoms with van der Waals surface area (Å²) in [4.78, 5) is 11.9. The summed E-state index contributed by atoms with van der Waals surface area (Å²) in [5.41, 5.74) is 6.90. The molecule has 0 spiro atoms. The highest BCUT2D eigenvalue weighted by Crippen LogP contribution is 2.28. The molecule has 1 amide bonds. The molecule has 2 aromatic carbocycles. The summed E-state index contributed by atoms with van der Waals surface area (Å²) in [6.07, 6.45) is 7.46. The lowest BCUT2D eigenvalue weighted by Crippen LogP contribution is -2.39. The van der Waals surface area contributed by atoms with Crippen LogP contribution in [0.5, 0.6) is 11.5 Å². The van der Waals surface area contributed by atoms with E-state index in [-0.39, 0.29) is 12.5 Å². The fraction of sp³-hybridized carbons (Fsp3) is 0.0952. The second kappa shape index (κ2) is 10.9. The number of carbonyl (C=O) groups excluding carboxylic acids is 1. The van der Waals surface area contributed by atoms with Gasteiger partial charge in [0.2, 0.25) is 0 Å². The molecule has 0 fully saturated rings. The van der Waals surface area contributed by atoms with Crippen molar-refractivity contribution < 1.29 is 14.3 Å². The summed E-state index contributed by atoms with van der Waals surface area (Å²) >= 11 is 3.37. The molecule has 0 atom stereocenters. The molecule has 0 unspecified atom stereocenters. The Balaban J connectivity index is 1.71. The van der Waals surface area contributed by atoms with Crippen molar-refractivity contribution in [3.63, 3.8) is 0 Å². The molecule has 0 aliphatic heterocycles. The van der Waals surface area contributed by atoms with Gasteiger partial charge in [-0.3, -0.25) is 15.6 Å². The molecular weight excluding hydrogens is 408 g/mol. The van der Waals surface area contributed by atoms with E-state index in [0.717, 1.165) is 5.56 Å². The monoisotopic (exact) mass is 428 g/mol. The van der Waals surface area contributed by atoms with Crippen LogP contribution in [-0.2, 0) is 4.79 Å². The molecule has 0 aliphatic rings. The number of hydrazine groups is 1. The van der Waals surface area contributed by atoms with Gasteiger partial charge in [0.05, 0.1) is 11.6 Å². The maximum atomic E-state index is 11.9. The quantitative estimate of drug-likeness (QED) is 0.463. The van der Waals surface area contributed by atoms with Gasteiger partial charge in [-0.1, -0.05) is 55.1 Å². The van der Waals surface area contributed by atoms with Crippen molar-refractivity contribution in [3.05, 3.63) is 89.1 Å². The molecule has 0 aromatic heterocycles. The maximum absolute atomic E-state index is 11.9. The van der Waals surface area contributed by atoms with Crippen LogP contribution < -0.4 is 20.3 Å². The Bertz CT molecular complexity index is 833. The van der Waals surface area contributed by atoms with E-state index in [1.54, 1.807) is 31.4 Å². The van der Waals surface area contributed by atoms with Crippen molar-refractivity contribution >= 4 is 27.9 Å². The van der Waals surface area contributed by atoms with Crippen molar-refractivity contribution in [1.29, 1.82) is 0 Å². The molecule has 0 aliphatic carbocycles. The summed E-state index contributed by atoms with van der Waals surface area (Å²) in [7, 11) is 1.58. The average Bonchev–Trinajstić information content (AvgIpc) is 2.69. The molecule has 27 heavy (non-hydrogen) atoms. The van der Waals surface area contributed by atoms with Gasteiger partial charge in [0.1, 0.15) is 11.5 Å². The zero-order valence-corrected chi connectivity index (χ0v) is 16.5. The first-order valence-electron chi connectivity index (χ1n) is 8.18. The highest BCUT2D eigenvalue weighted by Gasteiger charge is 2.06. The van der Waals surface area contributed by atoms with Crippen LogP contribution in [0.4, 0.5) is 0 Å². The fourth-order valence-corrected chi connectivity index (χ4v) is 2.47. The van der Waals surface area contributed by atoms with Gasteiger partial charge < -0.3 is 9.47 Å². The second-order valence-corrected chi connectivity index (χ2v) is 6.27. The maximum Gasteiger partial charge on any atom is 0.276 e. The minimum absolute atomic E-state index is 0.136. The van der Waals surface area contributed by atoms with Crippen LogP contribution in [0, 0.1) is 0 Å². The zero-order valence-electron chi connectivity index (χ0n) is 14.9.